The van der Waals surface area contributed by atoms with Gasteiger partial charge >= 0.3 is 0 Å². The van der Waals surface area contributed by atoms with Crippen molar-refractivity contribution in [2.75, 3.05) is 19.8 Å². The summed E-state index contributed by atoms with van der Waals surface area (Å²) in [5.74, 6) is 0. The molecule has 1 saturated heterocycles. The Bertz CT molecular complexity index is 147. The van der Waals surface area contributed by atoms with Crippen molar-refractivity contribution in [1.29, 1.82) is 0 Å². The summed E-state index contributed by atoms with van der Waals surface area (Å²) < 4.78 is 5.40. The average Bonchev–Trinajstić information content (AvgIpc) is 2.07. The molecule has 1 heterocycles. The molecule has 1 aliphatic heterocycles. The normalized spacial score (nSPS) is 21.7. The molecular formula is C10H16NO. The summed E-state index contributed by atoms with van der Waals surface area (Å²) in [6.07, 6.45) is 5.58. The molecule has 0 amide bonds. The van der Waals surface area contributed by atoms with E-state index in [4.69, 9.17) is 4.74 Å². The van der Waals surface area contributed by atoms with Gasteiger partial charge in [0.2, 0.25) is 0 Å². The third-order valence-electron chi connectivity index (χ3n) is 2.10. The zero-order chi connectivity index (χ0) is 8.86. The molecule has 0 aromatic carbocycles. The summed E-state index contributed by atoms with van der Waals surface area (Å²) in [6.45, 7) is 9.74. The van der Waals surface area contributed by atoms with Gasteiger partial charge in [0, 0.05) is 6.54 Å². The molecule has 1 radical (unpaired) electrons. The minimum Gasteiger partial charge on any atom is -0.378 e. The van der Waals surface area contributed by atoms with Crippen molar-refractivity contribution in [3.8, 4) is 0 Å². The van der Waals surface area contributed by atoms with E-state index in [9.17, 15) is 0 Å². The molecule has 0 bridgehead atoms. The fourth-order valence-electron chi connectivity index (χ4n) is 1.52. The lowest BCUT2D eigenvalue weighted by Crippen LogP contribution is -2.48. The summed E-state index contributed by atoms with van der Waals surface area (Å²) in [4.78, 5) is 0. The highest BCUT2D eigenvalue weighted by Crippen LogP contribution is 2.21. The van der Waals surface area contributed by atoms with Gasteiger partial charge in [0.25, 0.3) is 0 Å². The van der Waals surface area contributed by atoms with Gasteiger partial charge in [-0.05, 0) is 12.8 Å². The highest BCUT2D eigenvalue weighted by molar-refractivity contribution is 4.99. The van der Waals surface area contributed by atoms with Crippen molar-refractivity contribution in [1.82, 2.24) is 5.32 Å². The standard InChI is InChI=1S/C10H16NO/c1-3-5-10(6-4-2)9-12-8-7-11-10/h3-4H,1-2,5-9H2. The Labute approximate surface area is 74.3 Å². The van der Waals surface area contributed by atoms with Gasteiger partial charge in [-0.1, -0.05) is 12.2 Å². The number of hydrogen-bond donors (Lipinski definition) is 0. The van der Waals surface area contributed by atoms with Crippen LogP contribution < -0.4 is 5.32 Å². The van der Waals surface area contributed by atoms with E-state index >= 15 is 0 Å². The molecule has 12 heavy (non-hydrogen) atoms. The lowest BCUT2D eigenvalue weighted by atomic mass is 9.91. The predicted molar refractivity (Wildman–Crippen MR) is 50.2 cm³/mol. The monoisotopic (exact) mass is 166 g/mol. The van der Waals surface area contributed by atoms with Crippen LogP contribution in [0.4, 0.5) is 0 Å². The van der Waals surface area contributed by atoms with Gasteiger partial charge in [-0.25, -0.2) is 5.32 Å². The number of hydrogen-bond acceptors (Lipinski definition) is 1. The van der Waals surface area contributed by atoms with Gasteiger partial charge in [0.15, 0.2) is 0 Å². The van der Waals surface area contributed by atoms with Crippen molar-refractivity contribution in [2.24, 2.45) is 0 Å². The van der Waals surface area contributed by atoms with E-state index in [2.05, 4.69) is 18.5 Å². The number of rotatable bonds is 4. The first-order valence-electron chi connectivity index (χ1n) is 4.31. The molecule has 0 N–H and O–H groups in total. The number of morpholine rings is 1. The van der Waals surface area contributed by atoms with E-state index in [-0.39, 0.29) is 5.54 Å². The van der Waals surface area contributed by atoms with E-state index in [1.165, 1.54) is 0 Å². The molecule has 0 spiro atoms. The SMILES string of the molecule is C=CCC1(CC=C)COCC[N]1. The smallest absolute Gasteiger partial charge is 0.0670 e. The summed E-state index contributed by atoms with van der Waals surface area (Å²) in [6, 6.07) is 0. The lowest BCUT2D eigenvalue weighted by Gasteiger charge is -2.35. The maximum absolute atomic E-state index is 5.40. The van der Waals surface area contributed by atoms with E-state index in [1.54, 1.807) is 0 Å². The topological polar surface area (TPSA) is 23.3 Å². The van der Waals surface area contributed by atoms with Crippen molar-refractivity contribution in [3.05, 3.63) is 25.3 Å². The second-order valence-corrected chi connectivity index (χ2v) is 3.14. The van der Waals surface area contributed by atoms with Crippen LogP contribution in [0.5, 0.6) is 0 Å². The van der Waals surface area contributed by atoms with E-state index in [0.29, 0.717) is 6.61 Å². The van der Waals surface area contributed by atoms with Gasteiger partial charge in [-0.15, -0.1) is 13.2 Å². The highest BCUT2D eigenvalue weighted by atomic mass is 16.5. The molecule has 1 fully saturated rings. The van der Waals surface area contributed by atoms with Crippen LogP contribution in [0.2, 0.25) is 0 Å². The average molecular weight is 166 g/mol. The third-order valence-corrected chi connectivity index (χ3v) is 2.10. The Kier molecular flexibility index (Phi) is 3.50. The molecule has 0 aromatic heterocycles. The van der Waals surface area contributed by atoms with Gasteiger partial charge in [-0.3, -0.25) is 0 Å². The second kappa shape index (κ2) is 4.43. The molecule has 1 rings (SSSR count). The van der Waals surface area contributed by atoms with Crippen molar-refractivity contribution in [2.45, 2.75) is 18.4 Å². The van der Waals surface area contributed by atoms with Crippen molar-refractivity contribution < 1.29 is 4.74 Å². The van der Waals surface area contributed by atoms with Crippen LogP contribution in [0, 0.1) is 0 Å². The Hall–Kier alpha value is -0.600. The number of nitrogens with zero attached hydrogens (tertiary/aromatic N) is 1. The zero-order valence-corrected chi connectivity index (χ0v) is 7.46. The number of ether oxygens (including phenoxy) is 1. The fourth-order valence-corrected chi connectivity index (χ4v) is 1.52. The molecule has 67 valence electrons. The first-order valence-corrected chi connectivity index (χ1v) is 4.31. The molecule has 0 aromatic rings. The molecule has 0 atom stereocenters. The summed E-state index contributed by atoms with van der Waals surface area (Å²) in [5.41, 5.74) is -0.0538. The van der Waals surface area contributed by atoms with Crippen LogP contribution >= 0.6 is 0 Å². The molecule has 1 aliphatic rings. The third kappa shape index (κ3) is 2.19. The zero-order valence-electron chi connectivity index (χ0n) is 7.46. The van der Waals surface area contributed by atoms with Crippen LogP contribution in [0.25, 0.3) is 0 Å². The van der Waals surface area contributed by atoms with Crippen LogP contribution in [0.1, 0.15) is 12.8 Å². The molecule has 2 nitrogen and oxygen atoms in total. The van der Waals surface area contributed by atoms with Crippen LogP contribution in [-0.2, 0) is 4.74 Å². The van der Waals surface area contributed by atoms with Crippen LogP contribution in [0.15, 0.2) is 25.3 Å². The molecule has 0 saturated carbocycles. The highest BCUT2D eigenvalue weighted by Gasteiger charge is 2.30. The summed E-state index contributed by atoms with van der Waals surface area (Å²) in [7, 11) is 0. The van der Waals surface area contributed by atoms with Crippen molar-refractivity contribution >= 4 is 0 Å². The van der Waals surface area contributed by atoms with Crippen molar-refractivity contribution in [3.63, 3.8) is 0 Å². The van der Waals surface area contributed by atoms with Crippen LogP contribution in [-0.4, -0.2) is 25.3 Å². The molecular weight excluding hydrogens is 150 g/mol. The quantitative estimate of drug-likeness (QED) is 0.581. The van der Waals surface area contributed by atoms with E-state index in [0.717, 1.165) is 26.0 Å². The van der Waals surface area contributed by atoms with E-state index < -0.39 is 0 Å². The van der Waals surface area contributed by atoms with E-state index in [1.807, 2.05) is 12.2 Å². The lowest BCUT2D eigenvalue weighted by molar-refractivity contribution is 0.0267. The van der Waals surface area contributed by atoms with Gasteiger partial charge in [0.05, 0.1) is 18.8 Å². The maximum Gasteiger partial charge on any atom is 0.0670 e. The largest absolute Gasteiger partial charge is 0.378 e. The Balaban J connectivity index is 2.55. The second-order valence-electron chi connectivity index (χ2n) is 3.14. The molecule has 0 unspecified atom stereocenters. The fraction of sp³-hybridized carbons (Fsp3) is 0.600. The predicted octanol–water partition coefficient (Wildman–Crippen LogP) is 1.51. The first kappa shape index (κ1) is 9.49. The van der Waals surface area contributed by atoms with Crippen LogP contribution in [0.3, 0.4) is 0 Å². The molecule has 2 heteroatoms. The first-order chi connectivity index (χ1) is 5.83. The van der Waals surface area contributed by atoms with Gasteiger partial charge in [-0.2, -0.15) is 0 Å². The maximum atomic E-state index is 5.40. The minimum absolute atomic E-state index is 0.0538. The summed E-state index contributed by atoms with van der Waals surface area (Å²) >= 11 is 0. The Morgan fingerprint density at radius 1 is 1.33 bits per heavy atom. The minimum atomic E-state index is -0.0538. The van der Waals surface area contributed by atoms with Gasteiger partial charge < -0.3 is 4.74 Å². The van der Waals surface area contributed by atoms with Gasteiger partial charge in [0.1, 0.15) is 0 Å². The summed E-state index contributed by atoms with van der Waals surface area (Å²) in [5, 5.41) is 4.57. The Morgan fingerprint density at radius 2 is 2.00 bits per heavy atom. The Morgan fingerprint density at radius 3 is 2.42 bits per heavy atom. The molecule has 0 aliphatic carbocycles.